The van der Waals surface area contributed by atoms with Crippen molar-refractivity contribution in [1.82, 2.24) is 24.8 Å². The molecule has 1 aromatic carbocycles. The van der Waals surface area contributed by atoms with Crippen molar-refractivity contribution in [3.8, 4) is 5.75 Å². The first-order valence-electron chi connectivity index (χ1n) is 11.2. The molecule has 2 aromatic rings. The standard InChI is InChI=1S/C21H30FN5O9S/c1-11(2)17(20(31)24-32)27(37(33,34)14-6-4-13(35-3)5-7-14)9-12-8-26(25-23-12)21-16(22)19(30)18(29)15(10-28)36-21/h4-8,11,15-19,21,28-30,32H,9-10H2,1-3H3,(H,24,31)/t15?,16?,17-,18+,19+,21+/m1/s1. The first kappa shape index (κ1) is 28.8. The van der Waals surface area contributed by atoms with E-state index >= 15 is 0 Å². The van der Waals surface area contributed by atoms with E-state index in [0.717, 1.165) is 15.2 Å². The molecule has 0 radical (unpaired) electrons. The Bertz CT molecular complexity index is 1160. The monoisotopic (exact) mass is 547 g/mol. The van der Waals surface area contributed by atoms with E-state index in [4.69, 9.17) is 9.47 Å². The minimum Gasteiger partial charge on any atom is -0.497 e. The van der Waals surface area contributed by atoms with Gasteiger partial charge in [-0.2, -0.15) is 4.31 Å². The molecule has 14 nitrogen and oxygen atoms in total. The summed E-state index contributed by atoms with van der Waals surface area (Å²) in [5.41, 5.74) is 1.46. The number of carbonyl (C=O) groups is 1. The van der Waals surface area contributed by atoms with Crippen LogP contribution in [0.2, 0.25) is 0 Å². The number of hydrogen-bond acceptors (Lipinski definition) is 11. The van der Waals surface area contributed by atoms with Crippen LogP contribution in [0.25, 0.3) is 0 Å². The zero-order valence-electron chi connectivity index (χ0n) is 20.2. The number of hydroxylamine groups is 1. The van der Waals surface area contributed by atoms with Gasteiger partial charge in [0.15, 0.2) is 12.4 Å². The first-order valence-corrected chi connectivity index (χ1v) is 12.7. The van der Waals surface area contributed by atoms with Gasteiger partial charge in [-0.25, -0.2) is 23.0 Å². The molecule has 0 aliphatic carbocycles. The molecule has 1 fully saturated rings. The van der Waals surface area contributed by atoms with Gasteiger partial charge < -0.3 is 24.8 Å². The highest BCUT2D eigenvalue weighted by molar-refractivity contribution is 7.89. The Labute approximate surface area is 212 Å². The molecule has 6 atom stereocenters. The van der Waals surface area contributed by atoms with Crippen molar-refractivity contribution >= 4 is 15.9 Å². The second-order valence-corrected chi connectivity index (χ2v) is 10.6. The Morgan fingerprint density at radius 3 is 2.46 bits per heavy atom. The number of aliphatic hydroxyl groups excluding tert-OH is 3. The number of hydrogen-bond donors (Lipinski definition) is 5. The molecule has 1 aliphatic rings. The molecule has 0 bridgehead atoms. The Kier molecular flexibility index (Phi) is 9.17. The minimum atomic E-state index is -4.36. The number of methoxy groups -OCH3 is 1. The molecular formula is C21H30FN5O9S. The van der Waals surface area contributed by atoms with Gasteiger partial charge >= 0.3 is 0 Å². The number of amides is 1. The van der Waals surface area contributed by atoms with Crippen LogP contribution >= 0.6 is 0 Å². The smallest absolute Gasteiger partial charge is 0.262 e. The number of nitrogens with zero attached hydrogens (tertiary/aromatic N) is 4. The van der Waals surface area contributed by atoms with Gasteiger partial charge in [0.25, 0.3) is 5.91 Å². The van der Waals surface area contributed by atoms with Crippen LogP contribution in [0.5, 0.6) is 5.75 Å². The molecule has 1 amide bonds. The predicted octanol–water partition coefficient (Wildman–Crippen LogP) is -1.04. The van der Waals surface area contributed by atoms with Crippen LogP contribution < -0.4 is 10.2 Å². The van der Waals surface area contributed by atoms with Gasteiger partial charge in [-0.1, -0.05) is 19.1 Å². The maximum Gasteiger partial charge on any atom is 0.262 e. The highest BCUT2D eigenvalue weighted by atomic mass is 32.2. The lowest BCUT2D eigenvalue weighted by Gasteiger charge is -2.38. The molecular weight excluding hydrogens is 517 g/mol. The topological polar surface area (TPSA) is 197 Å². The van der Waals surface area contributed by atoms with Crippen molar-refractivity contribution in [1.29, 1.82) is 0 Å². The third-order valence-corrected chi connectivity index (χ3v) is 7.79. The molecule has 0 spiro atoms. The van der Waals surface area contributed by atoms with Crippen LogP contribution in [0.1, 0.15) is 25.8 Å². The summed E-state index contributed by atoms with van der Waals surface area (Å²) in [6.07, 6.45) is -7.42. The van der Waals surface area contributed by atoms with Crippen LogP contribution in [0.3, 0.4) is 0 Å². The summed E-state index contributed by atoms with van der Waals surface area (Å²) >= 11 is 0. The van der Waals surface area contributed by atoms with Crippen molar-refractivity contribution in [3.05, 3.63) is 36.2 Å². The number of aromatic nitrogens is 3. The number of benzene rings is 1. The van der Waals surface area contributed by atoms with Crippen LogP contribution in [-0.4, -0.2) is 98.4 Å². The molecule has 1 aromatic heterocycles. The van der Waals surface area contributed by atoms with Gasteiger partial charge in [0, 0.05) is 0 Å². The van der Waals surface area contributed by atoms with Gasteiger partial charge in [0.1, 0.15) is 30.1 Å². The number of rotatable bonds is 10. The number of alkyl halides is 1. The van der Waals surface area contributed by atoms with Crippen molar-refractivity contribution in [2.45, 2.75) is 62.0 Å². The SMILES string of the molecule is COc1ccc(S(=O)(=O)N(Cc2cn([C@H]3OC(CO)[C@H](O)[C@@H](O)C3F)nn2)[C@@H](C(=O)NO)C(C)C)cc1. The van der Waals surface area contributed by atoms with Crippen molar-refractivity contribution < 1.29 is 47.6 Å². The normalized spacial score (nSPS) is 25.3. The van der Waals surface area contributed by atoms with Gasteiger partial charge in [-0.05, 0) is 30.2 Å². The fraction of sp³-hybridized carbons (Fsp3) is 0.571. The van der Waals surface area contributed by atoms with Crippen molar-refractivity contribution in [3.63, 3.8) is 0 Å². The number of sulfonamides is 1. The van der Waals surface area contributed by atoms with Gasteiger partial charge in [0.2, 0.25) is 10.0 Å². The minimum absolute atomic E-state index is 0.0227. The Morgan fingerprint density at radius 2 is 1.92 bits per heavy atom. The van der Waals surface area contributed by atoms with E-state index in [1.165, 1.54) is 36.9 Å². The van der Waals surface area contributed by atoms with Crippen LogP contribution in [0, 0.1) is 5.92 Å². The van der Waals surface area contributed by atoms with Crippen LogP contribution in [0.15, 0.2) is 35.4 Å². The molecule has 37 heavy (non-hydrogen) atoms. The van der Waals surface area contributed by atoms with E-state index in [-0.39, 0.29) is 10.6 Å². The predicted molar refractivity (Wildman–Crippen MR) is 122 cm³/mol. The van der Waals surface area contributed by atoms with Gasteiger partial charge in [-0.15, -0.1) is 5.10 Å². The highest BCUT2D eigenvalue weighted by Crippen LogP contribution is 2.31. The van der Waals surface area contributed by atoms with Gasteiger partial charge in [0.05, 0.1) is 37.0 Å². The fourth-order valence-corrected chi connectivity index (χ4v) is 5.68. The summed E-state index contributed by atoms with van der Waals surface area (Å²) in [7, 11) is -2.94. The third-order valence-electron chi connectivity index (χ3n) is 5.95. The molecule has 0 saturated carbocycles. The van der Waals surface area contributed by atoms with E-state index in [9.17, 15) is 38.1 Å². The maximum absolute atomic E-state index is 14.7. The summed E-state index contributed by atoms with van der Waals surface area (Å²) in [6.45, 7) is 1.95. The van der Waals surface area contributed by atoms with E-state index in [1.807, 2.05) is 0 Å². The Hall–Kier alpha value is -2.73. The van der Waals surface area contributed by atoms with Gasteiger partial charge in [-0.3, -0.25) is 10.0 Å². The summed E-state index contributed by atoms with van der Waals surface area (Å²) in [6, 6.07) is 4.06. The zero-order valence-corrected chi connectivity index (χ0v) is 21.1. The molecule has 16 heteroatoms. The van der Waals surface area contributed by atoms with Crippen molar-refractivity contribution in [2.75, 3.05) is 13.7 Å². The Morgan fingerprint density at radius 1 is 1.27 bits per heavy atom. The molecule has 5 N–H and O–H groups in total. The summed E-state index contributed by atoms with van der Waals surface area (Å²) < 4.78 is 54.0. The lowest BCUT2D eigenvalue weighted by Crippen LogP contribution is -2.55. The third kappa shape index (κ3) is 5.90. The number of halogens is 1. The quantitative estimate of drug-likeness (QED) is 0.180. The Balaban J connectivity index is 1.98. The number of ether oxygens (including phenoxy) is 2. The van der Waals surface area contributed by atoms with E-state index < -0.39 is 71.8 Å². The molecule has 1 saturated heterocycles. The maximum atomic E-state index is 14.7. The fourth-order valence-electron chi connectivity index (χ4n) is 3.99. The number of aliphatic hydroxyl groups is 3. The van der Waals surface area contributed by atoms with Crippen LogP contribution in [-0.2, 0) is 26.1 Å². The van der Waals surface area contributed by atoms with E-state index in [2.05, 4.69) is 10.3 Å². The summed E-state index contributed by atoms with van der Waals surface area (Å²) in [5.74, 6) is -1.18. The van der Waals surface area contributed by atoms with E-state index in [0.29, 0.717) is 5.75 Å². The molecule has 206 valence electrons. The second-order valence-electron chi connectivity index (χ2n) is 8.75. The first-order chi connectivity index (χ1) is 17.5. The molecule has 2 heterocycles. The van der Waals surface area contributed by atoms with Crippen molar-refractivity contribution in [2.24, 2.45) is 5.92 Å². The number of carbonyl (C=O) groups excluding carboxylic acids is 1. The molecule has 2 unspecified atom stereocenters. The summed E-state index contributed by atoms with van der Waals surface area (Å²) in [5, 5.41) is 46.1. The number of nitrogens with one attached hydrogen (secondary N) is 1. The average molecular weight is 548 g/mol. The van der Waals surface area contributed by atoms with Crippen LogP contribution in [0.4, 0.5) is 4.39 Å². The second kappa shape index (κ2) is 11.8. The largest absolute Gasteiger partial charge is 0.497 e. The zero-order chi connectivity index (χ0) is 27.5. The lowest BCUT2D eigenvalue weighted by atomic mass is 9.99. The molecule has 3 rings (SSSR count). The average Bonchev–Trinajstić information content (AvgIpc) is 3.35. The highest BCUT2D eigenvalue weighted by Gasteiger charge is 2.46. The molecule has 1 aliphatic heterocycles. The van der Waals surface area contributed by atoms with E-state index in [1.54, 1.807) is 13.8 Å². The lowest BCUT2D eigenvalue weighted by molar-refractivity contribution is -0.237. The summed E-state index contributed by atoms with van der Waals surface area (Å²) in [4.78, 5) is 12.4.